The second-order valence-electron chi connectivity index (χ2n) is 4.85. The third-order valence-corrected chi connectivity index (χ3v) is 2.63. The van der Waals surface area contributed by atoms with Gasteiger partial charge in [0.15, 0.2) is 0 Å². The van der Waals surface area contributed by atoms with Crippen molar-refractivity contribution in [3.05, 3.63) is 0 Å². The molecule has 0 aromatic rings. The lowest BCUT2D eigenvalue weighted by atomic mass is 10.1. The van der Waals surface area contributed by atoms with Gasteiger partial charge in [-0.1, -0.05) is 0 Å². The van der Waals surface area contributed by atoms with E-state index in [-0.39, 0.29) is 11.8 Å². The molecule has 0 bridgehead atoms. The summed E-state index contributed by atoms with van der Waals surface area (Å²) < 4.78 is 5.16. The van der Waals surface area contributed by atoms with Gasteiger partial charge >= 0.3 is 0 Å². The van der Waals surface area contributed by atoms with Crippen LogP contribution >= 0.6 is 0 Å². The van der Waals surface area contributed by atoms with Crippen LogP contribution in [0, 0.1) is 0 Å². The van der Waals surface area contributed by atoms with Crippen LogP contribution in [0.15, 0.2) is 0 Å². The van der Waals surface area contributed by atoms with Gasteiger partial charge in [0.2, 0.25) is 11.8 Å². The van der Waals surface area contributed by atoms with Gasteiger partial charge in [0.05, 0.1) is 18.8 Å². The van der Waals surface area contributed by atoms with Crippen molar-refractivity contribution in [2.45, 2.75) is 32.4 Å². The van der Waals surface area contributed by atoms with Crippen molar-refractivity contribution in [1.82, 2.24) is 10.2 Å². The highest BCUT2D eigenvalue weighted by Crippen LogP contribution is 2.02. The van der Waals surface area contributed by atoms with Gasteiger partial charge in [-0.2, -0.15) is 0 Å². The Bertz CT molecular complexity index is 293. The lowest BCUT2D eigenvalue weighted by molar-refractivity contribution is -0.140. The van der Waals surface area contributed by atoms with Crippen molar-refractivity contribution >= 4 is 11.8 Å². The molecule has 0 spiro atoms. The van der Waals surface area contributed by atoms with Crippen molar-refractivity contribution in [2.75, 3.05) is 26.3 Å². The molecule has 0 aromatic heterocycles. The van der Waals surface area contributed by atoms with Crippen LogP contribution in [0.3, 0.4) is 0 Å². The van der Waals surface area contributed by atoms with E-state index < -0.39 is 11.6 Å². The normalized spacial score (nSPS) is 18.7. The predicted molar refractivity (Wildman–Crippen MR) is 63.3 cm³/mol. The zero-order valence-electron chi connectivity index (χ0n) is 10.7. The number of carbonyl (C=O) groups excluding carboxylic acids is 2. The summed E-state index contributed by atoms with van der Waals surface area (Å²) >= 11 is 0. The molecule has 1 saturated heterocycles. The van der Waals surface area contributed by atoms with Gasteiger partial charge in [0.25, 0.3) is 0 Å². The molecule has 0 aromatic carbocycles. The average Bonchev–Trinajstić information content (AvgIpc) is 2.27. The second kappa shape index (κ2) is 5.46. The smallest absolute Gasteiger partial charge is 0.245 e. The fourth-order valence-corrected chi connectivity index (χ4v) is 1.50. The molecule has 0 radical (unpaired) electrons. The Kier molecular flexibility index (Phi) is 4.47. The van der Waals surface area contributed by atoms with E-state index in [9.17, 15) is 9.59 Å². The van der Waals surface area contributed by atoms with Crippen LogP contribution in [-0.2, 0) is 14.3 Å². The van der Waals surface area contributed by atoms with Crippen molar-refractivity contribution in [1.29, 1.82) is 0 Å². The topological polar surface area (TPSA) is 84.7 Å². The number of nitrogens with zero attached hydrogens (tertiary/aromatic N) is 1. The van der Waals surface area contributed by atoms with Crippen LogP contribution in [0.25, 0.3) is 0 Å². The summed E-state index contributed by atoms with van der Waals surface area (Å²) in [5.74, 6) is -0.419. The Morgan fingerprint density at radius 3 is 2.35 bits per heavy atom. The number of ether oxygens (including phenoxy) is 1. The van der Waals surface area contributed by atoms with Crippen LogP contribution in [0.1, 0.15) is 20.8 Å². The summed E-state index contributed by atoms with van der Waals surface area (Å²) in [6.07, 6.45) is 0. The summed E-state index contributed by atoms with van der Waals surface area (Å²) in [6.45, 7) is 7.13. The van der Waals surface area contributed by atoms with E-state index in [0.717, 1.165) is 0 Å². The molecule has 6 nitrogen and oxygen atoms in total. The van der Waals surface area contributed by atoms with Crippen molar-refractivity contribution in [3.63, 3.8) is 0 Å². The van der Waals surface area contributed by atoms with E-state index in [0.29, 0.717) is 26.3 Å². The molecule has 1 atom stereocenters. The molecule has 1 fully saturated rings. The Morgan fingerprint density at radius 2 is 1.88 bits per heavy atom. The van der Waals surface area contributed by atoms with E-state index in [4.69, 9.17) is 10.5 Å². The van der Waals surface area contributed by atoms with Crippen LogP contribution in [0.2, 0.25) is 0 Å². The van der Waals surface area contributed by atoms with E-state index in [2.05, 4.69) is 5.32 Å². The Labute approximate surface area is 101 Å². The third kappa shape index (κ3) is 3.98. The molecule has 1 aliphatic rings. The molecule has 0 aliphatic carbocycles. The number of hydrogen-bond acceptors (Lipinski definition) is 4. The molecule has 2 amide bonds. The largest absolute Gasteiger partial charge is 0.378 e. The maximum atomic E-state index is 12.0. The highest BCUT2D eigenvalue weighted by atomic mass is 16.5. The van der Waals surface area contributed by atoms with Crippen LogP contribution < -0.4 is 11.1 Å². The molecule has 1 unspecified atom stereocenters. The zero-order valence-corrected chi connectivity index (χ0v) is 10.7. The van der Waals surface area contributed by atoms with Crippen LogP contribution in [-0.4, -0.2) is 54.6 Å². The highest BCUT2D eigenvalue weighted by Gasteiger charge is 2.28. The standard InChI is InChI=1S/C11H21N3O3/c1-8(13-10(16)11(2,3)12)9(15)14-4-6-17-7-5-14/h8H,4-7,12H2,1-3H3,(H,13,16). The molecule has 1 rings (SSSR count). The van der Waals surface area contributed by atoms with Gasteiger partial charge in [-0.25, -0.2) is 0 Å². The summed E-state index contributed by atoms with van der Waals surface area (Å²) in [7, 11) is 0. The minimum Gasteiger partial charge on any atom is -0.378 e. The molecule has 1 heterocycles. The van der Waals surface area contributed by atoms with Gasteiger partial charge in [0.1, 0.15) is 6.04 Å². The Morgan fingerprint density at radius 1 is 1.35 bits per heavy atom. The lowest BCUT2D eigenvalue weighted by Crippen LogP contribution is -2.56. The molecular formula is C11H21N3O3. The number of carbonyl (C=O) groups is 2. The molecule has 0 saturated carbocycles. The van der Waals surface area contributed by atoms with Gasteiger partial charge in [0, 0.05) is 13.1 Å². The minimum atomic E-state index is -0.973. The van der Waals surface area contributed by atoms with Gasteiger partial charge in [-0.05, 0) is 20.8 Å². The number of rotatable bonds is 3. The third-order valence-electron chi connectivity index (χ3n) is 2.63. The average molecular weight is 243 g/mol. The number of hydrogen-bond donors (Lipinski definition) is 2. The lowest BCUT2D eigenvalue weighted by Gasteiger charge is -2.30. The summed E-state index contributed by atoms with van der Waals surface area (Å²) in [6, 6.07) is -0.552. The molecular weight excluding hydrogens is 222 g/mol. The molecule has 6 heteroatoms. The van der Waals surface area contributed by atoms with Gasteiger partial charge in [-0.3, -0.25) is 9.59 Å². The van der Waals surface area contributed by atoms with E-state index in [1.807, 2.05) is 0 Å². The number of amides is 2. The molecule has 1 aliphatic heterocycles. The molecule has 3 N–H and O–H groups in total. The minimum absolute atomic E-state index is 0.0918. The quantitative estimate of drug-likeness (QED) is 0.672. The van der Waals surface area contributed by atoms with E-state index in [1.54, 1.807) is 25.7 Å². The number of nitrogens with one attached hydrogen (secondary N) is 1. The predicted octanol–water partition coefficient (Wildman–Crippen LogP) is -0.913. The van der Waals surface area contributed by atoms with Crippen molar-refractivity contribution in [3.8, 4) is 0 Å². The van der Waals surface area contributed by atoms with Gasteiger partial charge < -0.3 is 20.7 Å². The Balaban J connectivity index is 2.49. The number of morpholine rings is 1. The first-order valence-electron chi connectivity index (χ1n) is 5.79. The molecule has 17 heavy (non-hydrogen) atoms. The fraction of sp³-hybridized carbons (Fsp3) is 0.818. The SMILES string of the molecule is CC(NC(=O)C(C)(C)N)C(=O)N1CCOCC1. The first kappa shape index (κ1) is 13.9. The monoisotopic (exact) mass is 243 g/mol. The van der Waals surface area contributed by atoms with Crippen LogP contribution in [0.5, 0.6) is 0 Å². The maximum Gasteiger partial charge on any atom is 0.245 e. The first-order chi connectivity index (χ1) is 7.82. The summed E-state index contributed by atoms with van der Waals surface area (Å²) in [5, 5.41) is 2.62. The highest BCUT2D eigenvalue weighted by molar-refractivity contribution is 5.91. The maximum absolute atomic E-state index is 12.0. The van der Waals surface area contributed by atoms with Crippen molar-refractivity contribution in [2.24, 2.45) is 5.73 Å². The Hall–Kier alpha value is -1.14. The zero-order chi connectivity index (χ0) is 13.1. The first-order valence-corrected chi connectivity index (χ1v) is 5.79. The number of nitrogens with two attached hydrogens (primary N) is 1. The van der Waals surface area contributed by atoms with E-state index >= 15 is 0 Å². The van der Waals surface area contributed by atoms with E-state index in [1.165, 1.54) is 0 Å². The summed E-state index contributed by atoms with van der Waals surface area (Å²) in [5.41, 5.74) is 4.68. The fourth-order valence-electron chi connectivity index (χ4n) is 1.50. The van der Waals surface area contributed by atoms with Crippen molar-refractivity contribution < 1.29 is 14.3 Å². The van der Waals surface area contributed by atoms with Crippen LogP contribution in [0.4, 0.5) is 0 Å². The summed E-state index contributed by atoms with van der Waals surface area (Å²) in [4.78, 5) is 25.3. The van der Waals surface area contributed by atoms with Gasteiger partial charge in [-0.15, -0.1) is 0 Å². The molecule has 98 valence electrons. The second-order valence-corrected chi connectivity index (χ2v) is 4.85.